The second-order valence-corrected chi connectivity index (χ2v) is 5.92. The number of rotatable bonds is 7. The highest BCUT2D eigenvalue weighted by Gasteiger charge is 2.16. The quantitative estimate of drug-likeness (QED) is 0.710. The minimum absolute atomic E-state index is 0.298. The normalized spacial score (nSPS) is 15.4. The summed E-state index contributed by atoms with van der Waals surface area (Å²) in [6.07, 6.45) is 10.8. The summed E-state index contributed by atoms with van der Waals surface area (Å²) < 4.78 is 4.96. The highest BCUT2D eigenvalue weighted by atomic mass is 16.6. The van der Waals surface area contributed by atoms with Crippen molar-refractivity contribution >= 4 is 6.09 Å². The van der Waals surface area contributed by atoms with E-state index in [4.69, 9.17) is 4.74 Å². The van der Waals surface area contributed by atoms with Gasteiger partial charge in [-0.15, -0.1) is 0 Å². The van der Waals surface area contributed by atoms with Crippen molar-refractivity contribution in [2.24, 2.45) is 0 Å². The number of allylic oxidation sites excluding steroid dienone is 4. The first-order chi connectivity index (χ1) is 10.5. The van der Waals surface area contributed by atoms with E-state index in [9.17, 15) is 4.79 Å². The van der Waals surface area contributed by atoms with E-state index in [1.54, 1.807) is 0 Å². The molecular formula is C18H30N2O2. The van der Waals surface area contributed by atoms with Crippen molar-refractivity contribution in [3.63, 3.8) is 0 Å². The van der Waals surface area contributed by atoms with Gasteiger partial charge in [0.25, 0.3) is 0 Å². The van der Waals surface area contributed by atoms with Gasteiger partial charge < -0.3 is 4.74 Å². The average molecular weight is 306 g/mol. The highest BCUT2D eigenvalue weighted by Crippen LogP contribution is 2.13. The van der Waals surface area contributed by atoms with E-state index >= 15 is 0 Å². The maximum atomic E-state index is 11.6. The van der Waals surface area contributed by atoms with Gasteiger partial charge in [-0.25, -0.2) is 15.2 Å². The van der Waals surface area contributed by atoms with Gasteiger partial charge in [0.1, 0.15) is 0 Å². The number of carbonyl (C=O) groups excluding carboxylic acids is 1. The minimum atomic E-state index is -0.298. The fraction of sp³-hybridized carbons (Fsp3) is 0.611. The third kappa shape index (κ3) is 7.46. The molecule has 1 aliphatic heterocycles. The van der Waals surface area contributed by atoms with Gasteiger partial charge in [-0.1, -0.05) is 34.9 Å². The predicted molar refractivity (Wildman–Crippen MR) is 91.5 cm³/mol. The van der Waals surface area contributed by atoms with Crippen LogP contribution in [0.1, 0.15) is 53.4 Å². The summed E-state index contributed by atoms with van der Waals surface area (Å²) in [6, 6.07) is 0. The van der Waals surface area contributed by atoms with Gasteiger partial charge in [-0.05, 0) is 53.4 Å². The van der Waals surface area contributed by atoms with E-state index in [-0.39, 0.29) is 6.09 Å². The Morgan fingerprint density at radius 1 is 1.32 bits per heavy atom. The molecule has 124 valence electrons. The van der Waals surface area contributed by atoms with Crippen LogP contribution in [-0.4, -0.2) is 30.8 Å². The van der Waals surface area contributed by atoms with Crippen molar-refractivity contribution in [1.29, 1.82) is 0 Å². The van der Waals surface area contributed by atoms with E-state index in [2.05, 4.69) is 44.4 Å². The molecule has 4 nitrogen and oxygen atoms in total. The summed E-state index contributed by atoms with van der Waals surface area (Å²) in [4.78, 5) is 11.6. The van der Waals surface area contributed by atoms with Crippen molar-refractivity contribution in [1.82, 2.24) is 10.4 Å². The van der Waals surface area contributed by atoms with Crippen LogP contribution >= 0.6 is 0 Å². The molecule has 0 unspecified atom stereocenters. The lowest BCUT2D eigenvalue weighted by molar-refractivity contribution is 0.0911. The number of hydrogen-bond donors (Lipinski definition) is 1. The first-order valence-electron chi connectivity index (χ1n) is 8.17. The lowest BCUT2D eigenvalue weighted by atomic mass is 10.0. The summed E-state index contributed by atoms with van der Waals surface area (Å²) in [6.45, 7) is 10.0. The van der Waals surface area contributed by atoms with Crippen LogP contribution in [0.4, 0.5) is 4.79 Å². The number of hydrazine groups is 1. The van der Waals surface area contributed by atoms with Gasteiger partial charge >= 0.3 is 6.09 Å². The Morgan fingerprint density at radius 2 is 2.09 bits per heavy atom. The molecular weight excluding hydrogens is 276 g/mol. The van der Waals surface area contributed by atoms with Crippen molar-refractivity contribution in [3.8, 4) is 0 Å². The molecule has 1 amide bonds. The second-order valence-electron chi connectivity index (χ2n) is 5.92. The summed E-state index contributed by atoms with van der Waals surface area (Å²) in [5, 5.41) is 1.52. The maximum Gasteiger partial charge on any atom is 0.424 e. The van der Waals surface area contributed by atoms with Crippen LogP contribution in [0.3, 0.4) is 0 Å². The van der Waals surface area contributed by atoms with E-state index in [1.807, 2.05) is 6.92 Å². The fourth-order valence-corrected chi connectivity index (χ4v) is 2.28. The van der Waals surface area contributed by atoms with Crippen LogP contribution in [-0.2, 0) is 4.74 Å². The molecule has 0 bridgehead atoms. The minimum Gasteiger partial charge on any atom is -0.449 e. The van der Waals surface area contributed by atoms with E-state index in [0.29, 0.717) is 13.2 Å². The number of nitrogens with zero attached hydrogens (tertiary/aromatic N) is 1. The monoisotopic (exact) mass is 306 g/mol. The molecule has 0 fully saturated rings. The summed E-state index contributed by atoms with van der Waals surface area (Å²) in [5.74, 6) is 0. The van der Waals surface area contributed by atoms with Gasteiger partial charge in [-0.3, -0.25) is 0 Å². The topological polar surface area (TPSA) is 41.6 Å². The largest absolute Gasteiger partial charge is 0.449 e. The molecule has 0 spiro atoms. The Balaban J connectivity index is 2.28. The molecule has 0 atom stereocenters. The predicted octanol–water partition coefficient (Wildman–Crippen LogP) is 4.36. The third-order valence-electron chi connectivity index (χ3n) is 3.60. The Morgan fingerprint density at radius 3 is 2.68 bits per heavy atom. The molecule has 0 aromatic rings. The SMILES string of the molecule is CCOC(=O)N1CC=C(CCC=C(C)CCC=C(C)C)CN1. The lowest BCUT2D eigenvalue weighted by Gasteiger charge is -2.26. The molecule has 0 aromatic heterocycles. The fourth-order valence-electron chi connectivity index (χ4n) is 2.28. The molecule has 1 rings (SSSR count). The lowest BCUT2D eigenvalue weighted by Crippen LogP contribution is -2.46. The molecule has 0 aliphatic carbocycles. The smallest absolute Gasteiger partial charge is 0.424 e. The molecule has 22 heavy (non-hydrogen) atoms. The van der Waals surface area contributed by atoms with Crippen molar-refractivity contribution in [2.75, 3.05) is 19.7 Å². The molecule has 1 N–H and O–H groups in total. The summed E-state index contributed by atoms with van der Waals surface area (Å²) >= 11 is 0. The van der Waals surface area contributed by atoms with Crippen LogP contribution in [0.2, 0.25) is 0 Å². The first-order valence-corrected chi connectivity index (χ1v) is 8.17. The zero-order chi connectivity index (χ0) is 16.4. The molecule has 1 aliphatic rings. The Labute approximate surface area is 134 Å². The zero-order valence-electron chi connectivity index (χ0n) is 14.4. The number of hydrogen-bond acceptors (Lipinski definition) is 3. The van der Waals surface area contributed by atoms with Crippen LogP contribution in [0.25, 0.3) is 0 Å². The number of carbonyl (C=O) groups is 1. The molecule has 0 saturated carbocycles. The standard InChI is InChI=1S/C18H30N2O2/c1-5-22-18(21)20-13-12-17(14-19-20)11-7-10-16(4)9-6-8-15(2)3/h8,10,12,19H,5-7,9,11,13-14H2,1-4H3. The molecule has 4 heteroatoms. The van der Waals surface area contributed by atoms with Crippen LogP contribution in [0, 0.1) is 0 Å². The molecule has 1 heterocycles. The maximum absolute atomic E-state index is 11.6. The second kappa shape index (κ2) is 10.2. The van der Waals surface area contributed by atoms with E-state index in [1.165, 1.54) is 21.7 Å². The van der Waals surface area contributed by atoms with Crippen LogP contribution in [0.5, 0.6) is 0 Å². The average Bonchev–Trinajstić information content (AvgIpc) is 2.48. The molecule has 0 radical (unpaired) electrons. The van der Waals surface area contributed by atoms with Crippen molar-refractivity contribution in [3.05, 3.63) is 34.9 Å². The van der Waals surface area contributed by atoms with Gasteiger partial charge in [0, 0.05) is 6.54 Å². The summed E-state index contributed by atoms with van der Waals surface area (Å²) in [7, 11) is 0. The first kappa shape index (κ1) is 18.5. The van der Waals surface area contributed by atoms with Crippen LogP contribution in [0.15, 0.2) is 34.9 Å². The molecule has 0 saturated heterocycles. The Hall–Kier alpha value is -1.55. The van der Waals surface area contributed by atoms with Gasteiger partial charge in [0.05, 0.1) is 13.2 Å². The van der Waals surface area contributed by atoms with E-state index in [0.717, 1.165) is 32.2 Å². The van der Waals surface area contributed by atoms with Gasteiger partial charge in [0.15, 0.2) is 0 Å². The zero-order valence-corrected chi connectivity index (χ0v) is 14.4. The van der Waals surface area contributed by atoms with E-state index < -0.39 is 0 Å². The van der Waals surface area contributed by atoms with Crippen LogP contribution < -0.4 is 5.43 Å². The highest BCUT2D eigenvalue weighted by molar-refractivity contribution is 5.67. The van der Waals surface area contributed by atoms with Crippen molar-refractivity contribution < 1.29 is 9.53 Å². The Kier molecular flexibility index (Phi) is 8.60. The van der Waals surface area contributed by atoms with Gasteiger partial charge in [-0.2, -0.15) is 0 Å². The third-order valence-corrected chi connectivity index (χ3v) is 3.60. The number of ether oxygens (including phenoxy) is 1. The number of amides is 1. The van der Waals surface area contributed by atoms with Crippen molar-refractivity contribution in [2.45, 2.75) is 53.4 Å². The van der Waals surface area contributed by atoms with Gasteiger partial charge in [0.2, 0.25) is 0 Å². The number of nitrogens with one attached hydrogen (secondary N) is 1. The summed E-state index contributed by atoms with van der Waals surface area (Å²) in [5.41, 5.74) is 7.30. The molecule has 0 aromatic carbocycles. The Bertz CT molecular complexity index is 446.